The molecule has 0 aliphatic heterocycles. The first-order chi connectivity index (χ1) is 7.63. The van der Waals surface area contributed by atoms with Crippen molar-refractivity contribution in [3.63, 3.8) is 0 Å². The number of halogens is 1. The van der Waals surface area contributed by atoms with E-state index < -0.39 is 0 Å². The minimum absolute atomic E-state index is 0.00611. The summed E-state index contributed by atoms with van der Waals surface area (Å²) < 4.78 is 0. The Kier molecular flexibility index (Phi) is 5.56. The lowest BCUT2D eigenvalue weighted by molar-refractivity contribution is -0.124. The van der Waals surface area contributed by atoms with Gasteiger partial charge in [-0.25, -0.2) is 0 Å². The van der Waals surface area contributed by atoms with Crippen molar-refractivity contribution in [1.29, 1.82) is 0 Å². The van der Waals surface area contributed by atoms with Crippen molar-refractivity contribution >= 4 is 17.5 Å². The zero-order chi connectivity index (χ0) is 12.0. The Bertz CT molecular complexity index is 227. The number of nitrogens with one attached hydrogen (secondary N) is 1. The average molecular weight is 248 g/mol. The minimum Gasteiger partial charge on any atom is -0.396 e. The molecule has 94 valence electrons. The van der Waals surface area contributed by atoms with Gasteiger partial charge in [-0.3, -0.25) is 4.79 Å². The van der Waals surface area contributed by atoms with Crippen molar-refractivity contribution in [2.24, 2.45) is 11.3 Å². The van der Waals surface area contributed by atoms with Gasteiger partial charge in [0.25, 0.3) is 0 Å². The zero-order valence-electron chi connectivity index (χ0n) is 9.97. The van der Waals surface area contributed by atoms with Gasteiger partial charge in [0, 0.05) is 23.8 Å². The van der Waals surface area contributed by atoms with Gasteiger partial charge >= 0.3 is 0 Å². The summed E-state index contributed by atoms with van der Waals surface area (Å²) in [7, 11) is 0. The van der Waals surface area contributed by atoms with Gasteiger partial charge in [0.15, 0.2) is 0 Å². The second-order valence-electron chi connectivity index (χ2n) is 4.99. The summed E-state index contributed by atoms with van der Waals surface area (Å²) in [5.74, 6) is 0.187. The van der Waals surface area contributed by atoms with E-state index in [4.69, 9.17) is 11.6 Å². The number of hydrogen-bond donors (Lipinski definition) is 2. The summed E-state index contributed by atoms with van der Waals surface area (Å²) in [6, 6.07) is 0. The second kappa shape index (κ2) is 6.45. The fourth-order valence-electron chi connectivity index (χ4n) is 2.21. The molecule has 0 spiro atoms. The lowest BCUT2D eigenvalue weighted by Crippen LogP contribution is -2.43. The molecule has 1 amide bonds. The highest BCUT2D eigenvalue weighted by atomic mass is 35.5. The smallest absolute Gasteiger partial charge is 0.224 e. The fourth-order valence-corrected chi connectivity index (χ4v) is 2.35. The Morgan fingerprint density at radius 3 is 2.56 bits per heavy atom. The molecule has 1 rings (SSSR count). The largest absolute Gasteiger partial charge is 0.396 e. The molecule has 1 unspecified atom stereocenters. The van der Waals surface area contributed by atoms with Crippen LogP contribution in [-0.2, 0) is 4.79 Å². The first-order valence-corrected chi connectivity index (χ1v) is 6.61. The second-order valence-corrected chi connectivity index (χ2v) is 5.30. The van der Waals surface area contributed by atoms with Crippen LogP contribution in [0.2, 0.25) is 0 Å². The van der Waals surface area contributed by atoms with Gasteiger partial charge in [0.2, 0.25) is 5.91 Å². The maximum Gasteiger partial charge on any atom is 0.224 e. The number of hydrogen-bond acceptors (Lipinski definition) is 2. The normalized spacial score (nSPS) is 21.4. The summed E-state index contributed by atoms with van der Waals surface area (Å²) in [5.41, 5.74) is -0.0834. The third kappa shape index (κ3) is 3.63. The predicted molar refractivity (Wildman–Crippen MR) is 65.5 cm³/mol. The van der Waals surface area contributed by atoms with Gasteiger partial charge in [0.05, 0.1) is 6.61 Å². The van der Waals surface area contributed by atoms with E-state index in [0.717, 1.165) is 25.7 Å². The average Bonchev–Trinajstić information content (AvgIpc) is 2.36. The first-order valence-electron chi connectivity index (χ1n) is 6.08. The fraction of sp³-hybridized carbons (Fsp3) is 0.917. The van der Waals surface area contributed by atoms with E-state index in [0.29, 0.717) is 12.4 Å². The van der Waals surface area contributed by atoms with Gasteiger partial charge in [-0.15, -0.1) is 11.6 Å². The van der Waals surface area contributed by atoms with Crippen molar-refractivity contribution in [2.45, 2.75) is 39.0 Å². The van der Waals surface area contributed by atoms with Crippen molar-refractivity contribution in [1.82, 2.24) is 5.32 Å². The number of aliphatic hydroxyl groups excluding tert-OH is 1. The summed E-state index contributed by atoms with van der Waals surface area (Å²) in [4.78, 5) is 11.6. The lowest BCUT2D eigenvalue weighted by Gasteiger charge is -2.35. The molecular weight excluding hydrogens is 226 g/mol. The van der Waals surface area contributed by atoms with Crippen LogP contribution < -0.4 is 5.32 Å². The van der Waals surface area contributed by atoms with E-state index in [-0.39, 0.29) is 23.8 Å². The number of carbonyl (C=O) groups excluding carboxylic acids is 1. The van der Waals surface area contributed by atoms with Crippen LogP contribution in [0.25, 0.3) is 0 Å². The molecule has 0 aromatic carbocycles. The molecule has 0 aromatic rings. The molecule has 0 heterocycles. The molecule has 0 bridgehead atoms. The van der Waals surface area contributed by atoms with E-state index in [1.807, 2.05) is 6.92 Å². The standard InChI is InChI=1S/C12H22ClNO2/c1-10(7-13)11(16)14-8-12(9-15)5-3-2-4-6-12/h10,15H,2-9H2,1H3,(H,14,16). The van der Waals surface area contributed by atoms with Crippen molar-refractivity contribution in [2.75, 3.05) is 19.0 Å². The quantitative estimate of drug-likeness (QED) is 0.730. The molecule has 1 aliphatic carbocycles. The summed E-state index contributed by atoms with van der Waals surface area (Å²) in [5, 5.41) is 12.4. The SMILES string of the molecule is CC(CCl)C(=O)NCC1(CO)CCCCC1. The molecule has 1 atom stereocenters. The topological polar surface area (TPSA) is 49.3 Å². The molecule has 2 N–H and O–H groups in total. The Hall–Kier alpha value is -0.280. The highest BCUT2D eigenvalue weighted by Crippen LogP contribution is 2.35. The van der Waals surface area contributed by atoms with E-state index in [1.54, 1.807) is 0 Å². The van der Waals surface area contributed by atoms with Crippen LogP contribution in [0.4, 0.5) is 0 Å². The van der Waals surface area contributed by atoms with Crippen molar-refractivity contribution in [3.05, 3.63) is 0 Å². The van der Waals surface area contributed by atoms with Crippen LogP contribution in [-0.4, -0.2) is 30.0 Å². The van der Waals surface area contributed by atoms with Crippen LogP contribution >= 0.6 is 11.6 Å². The molecule has 16 heavy (non-hydrogen) atoms. The number of aliphatic hydroxyl groups is 1. The van der Waals surface area contributed by atoms with Gasteiger partial charge in [-0.05, 0) is 12.8 Å². The third-order valence-corrected chi connectivity index (χ3v) is 4.03. The number of carbonyl (C=O) groups is 1. The Labute approximate surface area is 103 Å². The maximum atomic E-state index is 11.6. The molecule has 1 saturated carbocycles. The lowest BCUT2D eigenvalue weighted by atomic mass is 9.74. The van der Waals surface area contributed by atoms with Crippen LogP contribution in [0.3, 0.4) is 0 Å². The monoisotopic (exact) mass is 247 g/mol. The summed E-state index contributed by atoms with van der Waals surface area (Å²) >= 11 is 5.63. The van der Waals surface area contributed by atoms with E-state index in [9.17, 15) is 9.90 Å². The van der Waals surface area contributed by atoms with E-state index in [1.165, 1.54) is 6.42 Å². The predicted octanol–water partition coefficient (Wildman–Crippen LogP) is 1.92. The molecule has 4 heteroatoms. The highest BCUT2D eigenvalue weighted by molar-refractivity contribution is 6.19. The molecule has 0 saturated heterocycles. The molecule has 0 radical (unpaired) electrons. The van der Waals surface area contributed by atoms with Crippen LogP contribution in [0.1, 0.15) is 39.0 Å². The van der Waals surface area contributed by atoms with Gasteiger partial charge < -0.3 is 10.4 Å². The van der Waals surface area contributed by atoms with Gasteiger partial charge in [0.1, 0.15) is 0 Å². The molecule has 3 nitrogen and oxygen atoms in total. The minimum atomic E-state index is -0.152. The Morgan fingerprint density at radius 2 is 2.06 bits per heavy atom. The highest BCUT2D eigenvalue weighted by Gasteiger charge is 2.31. The van der Waals surface area contributed by atoms with Crippen molar-refractivity contribution in [3.8, 4) is 0 Å². The number of rotatable bonds is 5. The van der Waals surface area contributed by atoms with Crippen LogP contribution in [0.5, 0.6) is 0 Å². The van der Waals surface area contributed by atoms with Gasteiger partial charge in [-0.2, -0.15) is 0 Å². The van der Waals surface area contributed by atoms with E-state index >= 15 is 0 Å². The maximum absolute atomic E-state index is 11.6. The molecule has 0 aromatic heterocycles. The summed E-state index contributed by atoms with van der Waals surface area (Å²) in [6.07, 6.45) is 5.58. The van der Waals surface area contributed by atoms with Crippen LogP contribution in [0.15, 0.2) is 0 Å². The zero-order valence-corrected chi connectivity index (χ0v) is 10.7. The van der Waals surface area contributed by atoms with Gasteiger partial charge in [-0.1, -0.05) is 26.2 Å². The van der Waals surface area contributed by atoms with Crippen LogP contribution in [0, 0.1) is 11.3 Å². The number of amides is 1. The first kappa shape index (κ1) is 13.8. The Balaban J connectivity index is 2.41. The summed E-state index contributed by atoms with van der Waals surface area (Å²) in [6.45, 7) is 2.57. The number of alkyl halides is 1. The van der Waals surface area contributed by atoms with E-state index in [2.05, 4.69) is 5.32 Å². The Morgan fingerprint density at radius 1 is 1.44 bits per heavy atom. The molecular formula is C12H22ClNO2. The molecule has 1 fully saturated rings. The van der Waals surface area contributed by atoms with Crippen molar-refractivity contribution < 1.29 is 9.90 Å². The molecule has 1 aliphatic rings. The third-order valence-electron chi connectivity index (χ3n) is 3.57.